The molecule has 0 amide bonds. The fraction of sp³-hybridized carbons (Fsp3) is 0.500. The number of benzene rings is 1. The Balaban J connectivity index is 1.92. The number of ketones is 1. The van der Waals surface area contributed by atoms with Crippen LogP contribution in [-0.2, 0) is 9.84 Å². The van der Waals surface area contributed by atoms with Gasteiger partial charge in [0.1, 0.15) is 17.4 Å². The molecule has 2 fully saturated rings. The van der Waals surface area contributed by atoms with Crippen LogP contribution in [0.15, 0.2) is 18.2 Å². The summed E-state index contributed by atoms with van der Waals surface area (Å²) in [7, 11) is -1.59. The molecule has 2 heterocycles. The van der Waals surface area contributed by atoms with Crippen molar-refractivity contribution in [3.8, 4) is 11.8 Å². The topological polar surface area (TPSA) is 84.2 Å². The highest BCUT2D eigenvalue weighted by Gasteiger charge is 2.48. The lowest BCUT2D eigenvalue weighted by Crippen LogP contribution is -2.36. The standard InChI is InChI=1S/C16H17NO4S/c1-21-15-4-2-3-13(14(15)9-17)16(18)10-7-11-5-6-12(8-10)22(11,19)20/h2-4,10-12H,5-8H2,1H3. The van der Waals surface area contributed by atoms with Crippen LogP contribution in [0.5, 0.6) is 5.75 Å². The zero-order valence-electron chi connectivity index (χ0n) is 12.3. The molecule has 2 saturated heterocycles. The molecule has 0 aliphatic carbocycles. The highest BCUT2D eigenvalue weighted by Crippen LogP contribution is 2.42. The van der Waals surface area contributed by atoms with Gasteiger partial charge in [-0.15, -0.1) is 0 Å². The number of sulfone groups is 1. The molecular weight excluding hydrogens is 302 g/mol. The van der Waals surface area contributed by atoms with Crippen LogP contribution >= 0.6 is 0 Å². The smallest absolute Gasteiger partial charge is 0.167 e. The van der Waals surface area contributed by atoms with E-state index in [0.29, 0.717) is 37.0 Å². The van der Waals surface area contributed by atoms with E-state index in [1.165, 1.54) is 7.11 Å². The van der Waals surface area contributed by atoms with E-state index >= 15 is 0 Å². The number of hydrogen-bond donors (Lipinski definition) is 0. The van der Waals surface area contributed by atoms with Gasteiger partial charge in [0.15, 0.2) is 15.6 Å². The maximum Gasteiger partial charge on any atom is 0.167 e. The van der Waals surface area contributed by atoms with E-state index in [-0.39, 0.29) is 17.3 Å². The van der Waals surface area contributed by atoms with Gasteiger partial charge in [-0.2, -0.15) is 5.26 Å². The first-order valence-corrected chi connectivity index (χ1v) is 8.94. The number of ether oxygens (including phenoxy) is 1. The predicted octanol–water partition coefficient (Wildman–Crippen LogP) is 2.11. The number of nitriles is 1. The van der Waals surface area contributed by atoms with Gasteiger partial charge in [-0.05, 0) is 37.8 Å². The predicted molar refractivity (Wildman–Crippen MR) is 80.5 cm³/mol. The van der Waals surface area contributed by atoms with Crippen molar-refractivity contribution < 1.29 is 17.9 Å². The number of carbonyl (C=O) groups is 1. The number of methoxy groups -OCH3 is 1. The van der Waals surface area contributed by atoms with Crippen LogP contribution in [0.3, 0.4) is 0 Å². The molecule has 3 rings (SSSR count). The Bertz CT molecular complexity index is 743. The van der Waals surface area contributed by atoms with Gasteiger partial charge in [-0.25, -0.2) is 8.42 Å². The average molecular weight is 319 g/mol. The highest BCUT2D eigenvalue weighted by molar-refractivity contribution is 7.93. The number of Topliss-reactive ketones (excluding diaryl/α,β-unsaturated/α-hetero) is 1. The Hall–Kier alpha value is -1.87. The van der Waals surface area contributed by atoms with Gasteiger partial charge in [0.2, 0.25) is 0 Å². The maximum absolute atomic E-state index is 12.8. The Morgan fingerprint density at radius 2 is 1.91 bits per heavy atom. The number of nitrogens with zero attached hydrogens (tertiary/aromatic N) is 1. The van der Waals surface area contributed by atoms with Crippen LogP contribution in [0.1, 0.15) is 41.6 Å². The summed E-state index contributed by atoms with van der Waals surface area (Å²) in [6, 6.07) is 6.97. The first kappa shape index (κ1) is 15.0. The zero-order chi connectivity index (χ0) is 15.9. The van der Waals surface area contributed by atoms with Crippen LogP contribution in [0.2, 0.25) is 0 Å². The van der Waals surface area contributed by atoms with Crippen LogP contribution in [0, 0.1) is 17.2 Å². The summed E-state index contributed by atoms with van der Waals surface area (Å²) in [5.74, 6) is -0.0813. The lowest BCUT2D eigenvalue weighted by Gasteiger charge is -2.27. The Morgan fingerprint density at radius 1 is 1.27 bits per heavy atom. The molecule has 1 aromatic rings. The molecule has 1 aromatic carbocycles. The first-order valence-electron chi connectivity index (χ1n) is 7.33. The normalized spacial score (nSPS) is 28.8. The molecule has 5 nitrogen and oxygen atoms in total. The molecule has 0 spiro atoms. The molecule has 2 aliphatic rings. The van der Waals surface area contributed by atoms with Crippen molar-refractivity contribution in [1.29, 1.82) is 5.26 Å². The molecule has 22 heavy (non-hydrogen) atoms. The fourth-order valence-electron chi connectivity index (χ4n) is 3.66. The third-order valence-electron chi connectivity index (χ3n) is 4.83. The summed E-state index contributed by atoms with van der Waals surface area (Å²) in [4.78, 5) is 12.8. The SMILES string of the molecule is COc1cccc(C(=O)C2CC3CCC(C2)S3(=O)=O)c1C#N. The summed E-state index contributed by atoms with van der Waals surface area (Å²) in [6.45, 7) is 0. The van der Waals surface area contributed by atoms with Gasteiger partial charge in [-0.1, -0.05) is 6.07 Å². The van der Waals surface area contributed by atoms with E-state index in [1.54, 1.807) is 18.2 Å². The molecule has 116 valence electrons. The first-order chi connectivity index (χ1) is 10.5. The van der Waals surface area contributed by atoms with Crippen molar-refractivity contribution in [2.45, 2.75) is 36.2 Å². The quantitative estimate of drug-likeness (QED) is 0.797. The molecule has 2 aliphatic heterocycles. The zero-order valence-corrected chi connectivity index (χ0v) is 13.1. The highest BCUT2D eigenvalue weighted by atomic mass is 32.2. The van der Waals surface area contributed by atoms with Crippen LogP contribution in [0.25, 0.3) is 0 Å². The minimum Gasteiger partial charge on any atom is -0.495 e. The molecule has 0 radical (unpaired) electrons. The molecule has 0 saturated carbocycles. The number of hydrogen-bond acceptors (Lipinski definition) is 5. The summed E-state index contributed by atoms with van der Waals surface area (Å²) in [5, 5.41) is 8.51. The summed E-state index contributed by atoms with van der Waals surface area (Å²) in [5.41, 5.74) is 0.571. The molecule has 0 N–H and O–H groups in total. The fourth-order valence-corrected chi connectivity index (χ4v) is 6.14. The Morgan fingerprint density at radius 3 is 2.45 bits per heavy atom. The second-order valence-corrected chi connectivity index (χ2v) is 8.45. The monoisotopic (exact) mass is 319 g/mol. The van der Waals surface area contributed by atoms with Crippen molar-refractivity contribution in [1.82, 2.24) is 0 Å². The Kier molecular flexibility index (Phi) is 3.69. The van der Waals surface area contributed by atoms with E-state index in [4.69, 9.17) is 4.74 Å². The third-order valence-corrected chi connectivity index (χ3v) is 7.54. The minimum absolute atomic E-state index is 0.137. The Labute approximate surface area is 129 Å². The molecule has 6 heteroatoms. The van der Waals surface area contributed by atoms with Crippen LogP contribution in [0.4, 0.5) is 0 Å². The van der Waals surface area contributed by atoms with Gasteiger partial charge < -0.3 is 4.74 Å². The molecule has 2 atom stereocenters. The van der Waals surface area contributed by atoms with Gasteiger partial charge in [-0.3, -0.25) is 4.79 Å². The minimum atomic E-state index is -3.05. The number of fused-ring (bicyclic) bond motifs is 2. The summed E-state index contributed by atoms with van der Waals surface area (Å²) >= 11 is 0. The summed E-state index contributed by atoms with van der Waals surface area (Å²) in [6.07, 6.45) is 2.06. The number of carbonyl (C=O) groups excluding carboxylic acids is 1. The van der Waals surface area contributed by atoms with E-state index < -0.39 is 20.3 Å². The van der Waals surface area contributed by atoms with E-state index in [0.717, 1.165) is 0 Å². The number of rotatable bonds is 3. The van der Waals surface area contributed by atoms with Gasteiger partial charge in [0.25, 0.3) is 0 Å². The van der Waals surface area contributed by atoms with Crippen molar-refractivity contribution in [3.63, 3.8) is 0 Å². The molecular formula is C16H17NO4S. The van der Waals surface area contributed by atoms with E-state index in [9.17, 15) is 18.5 Å². The van der Waals surface area contributed by atoms with Crippen molar-refractivity contribution in [2.24, 2.45) is 5.92 Å². The van der Waals surface area contributed by atoms with Crippen LogP contribution in [-0.4, -0.2) is 31.8 Å². The largest absolute Gasteiger partial charge is 0.495 e. The lowest BCUT2D eigenvalue weighted by atomic mass is 9.88. The van der Waals surface area contributed by atoms with Gasteiger partial charge in [0.05, 0.1) is 17.6 Å². The molecule has 2 unspecified atom stereocenters. The third kappa shape index (κ3) is 2.20. The summed E-state index contributed by atoms with van der Waals surface area (Å²) < 4.78 is 29.4. The van der Waals surface area contributed by atoms with Crippen LogP contribution < -0.4 is 4.74 Å². The van der Waals surface area contributed by atoms with Gasteiger partial charge in [0, 0.05) is 11.5 Å². The van der Waals surface area contributed by atoms with E-state index in [2.05, 4.69) is 0 Å². The second kappa shape index (κ2) is 5.40. The average Bonchev–Trinajstić information content (AvgIpc) is 2.72. The molecule has 0 aromatic heterocycles. The van der Waals surface area contributed by atoms with Crippen molar-refractivity contribution >= 4 is 15.6 Å². The van der Waals surface area contributed by atoms with Crippen molar-refractivity contribution in [3.05, 3.63) is 29.3 Å². The second-order valence-electron chi connectivity index (χ2n) is 5.94. The maximum atomic E-state index is 12.8. The molecule has 2 bridgehead atoms. The lowest BCUT2D eigenvalue weighted by molar-refractivity contribution is 0.0905. The van der Waals surface area contributed by atoms with Crippen molar-refractivity contribution in [2.75, 3.05) is 7.11 Å². The van der Waals surface area contributed by atoms with E-state index in [1.807, 2.05) is 6.07 Å². The van der Waals surface area contributed by atoms with Gasteiger partial charge >= 0.3 is 0 Å².